The molecule has 2 aromatic carbocycles. The van der Waals surface area contributed by atoms with Gasteiger partial charge in [-0.15, -0.1) is 0 Å². The molecule has 2 aliphatic heterocycles. The summed E-state index contributed by atoms with van der Waals surface area (Å²) in [6, 6.07) is 6.33. The summed E-state index contributed by atoms with van der Waals surface area (Å²) in [5.74, 6) is -2.84. The Labute approximate surface area is 187 Å². The Morgan fingerprint density at radius 1 is 1.19 bits per heavy atom. The number of nitrogens with zero attached hydrogens (tertiary/aromatic N) is 2. The summed E-state index contributed by atoms with van der Waals surface area (Å²) in [5, 5.41) is 2.52. The van der Waals surface area contributed by atoms with Gasteiger partial charge in [-0.1, -0.05) is 17.7 Å². The second kappa shape index (κ2) is 8.23. The number of ether oxygens (including phenoxy) is 1. The monoisotopic (exact) mass is 459 g/mol. The van der Waals surface area contributed by atoms with Gasteiger partial charge in [-0.3, -0.25) is 29.4 Å². The molecule has 1 atom stereocenters. The van der Waals surface area contributed by atoms with Crippen molar-refractivity contribution in [2.75, 3.05) is 19.1 Å². The molecule has 0 saturated carbocycles. The normalized spacial score (nSPS) is 18.0. The molecule has 1 unspecified atom stereocenters. The van der Waals surface area contributed by atoms with Gasteiger partial charge in [0, 0.05) is 20.0 Å². The average molecular weight is 460 g/mol. The van der Waals surface area contributed by atoms with Gasteiger partial charge < -0.3 is 9.64 Å². The SMILES string of the molecule is COc1ccc(CN(C)c2c(F)ccc3c2C(=O)N(C2CCC(=O)NC2=O)C3=O)cc1Cl. The van der Waals surface area contributed by atoms with E-state index in [0.717, 1.165) is 16.5 Å². The molecular weight excluding hydrogens is 441 g/mol. The molecule has 0 bridgehead atoms. The standard InChI is InChI=1S/C22H19ClFN3O5/c1-26(10-11-3-7-16(32-2)13(23)9-11)19-14(24)5-4-12-18(19)22(31)27(21(12)30)15-6-8-17(28)25-20(15)29/h3-5,7,9,15H,6,8,10H2,1-2H3,(H,25,28,29). The van der Waals surface area contributed by atoms with Crippen LogP contribution in [0.4, 0.5) is 10.1 Å². The minimum Gasteiger partial charge on any atom is -0.495 e. The molecule has 1 fully saturated rings. The summed E-state index contributed by atoms with van der Waals surface area (Å²) in [5.41, 5.74) is 0.578. The molecular formula is C22H19ClFN3O5. The van der Waals surface area contributed by atoms with E-state index in [1.165, 1.54) is 18.1 Å². The number of hydrogen-bond donors (Lipinski definition) is 1. The highest BCUT2D eigenvalue weighted by Crippen LogP contribution is 2.36. The predicted molar refractivity (Wildman–Crippen MR) is 113 cm³/mol. The van der Waals surface area contributed by atoms with Crippen molar-refractivity contribution >= 4 is 40.9 Å². The quantitative estimate of drug-likeness (QED) is 0.690. The van der Waals surface area contributed by atoms with Crippen LogP contribution in [0.5, 0.6) is 5.75 Å². The van der Waals surface area contributed by atoms with Gasteiger partial charge in [-0.05, 0) is 36.2 Å². The van der Waals surface area contributed by atoms with Crippen LogP contribution >= 0.6 is 11.6 Å². The zero-order chi connectivity index (χ0) is 23.2. The van der Waals surface area contributed by atoms with E-state index in [1.807, 2.05) is 0 Å². The lowest BCUT2D eigenvalue weighted by Crippen LogP contribution is -2.54. The number of carbonyl (C=O) groups excluding carboxylic acids is 4. The minimum absolute atomic E-state index is 0.00314. The van der Waals surface area contributed by atoms with E-state index in [-0.39, 0.29) is 36.2 Å². The van der Waals surface area contributed by atoms with Crippen LogP contribution in [0, 0.1) is 5.82 Å². The van der Waals surface area contributed by atoms with E-state index in [4.69, 9.17) is 16.3 Å². The van der Waals surface area contributed by atoms with Crippen LogP contribution in [-0.2, 0) is 16.1 Å². The highest BCUT2D eigenvalue weighted by atomic mass is 35.5. The van der Waals surface area contributed by atoms with Gasteiger partial charge >= 0.3 is 0 Å². The van der Waals surface area contributed by atoms with Gasteiger partial charge in [-0.2, -0.15) is 0 Å². The number of fused-ring (bicyclic) bond motifs is 1. The molecule has 1 N–H and O–H groups in total. The second-order valence-electron chi connectivity index (χ2n) is 7.59. The van der Waals surface area contributed by atoms with Crippen molar-refractivity contribution in [1.29, 1.82) is 0 Å². The molecule has 4 rings (SSSR count). The van der Waals surface area contributed by atoms with E-state index in [2.05, 4.69) is 5.32 Å². The van der Waals surface area contributed by atoms with Crippen molar-refractivity contribution in [2.45, 2.75) is 25.4 Å². The molecule has 8 nitrogen and oxygen atoms in total. The Kier molecular flexibility index (Phi) is 5.60. The highest BCUT2D eigenvalue weighted by molar-refractivity contribution is 6.32. The Morgan fingerprint density at radius 2 is 1.94 bits per heavy atom. The summed E-state index contributed by atoms with van der Waals surface area (Å²) >= 11 is 6.17. The summed E-state index contributed by atoms with van der Waals surface area (Å²) in [6.07, 6.45) is 0.0251. The molecule has 166 valence electrons. The van der Waals surface area contributed by atoms with Crippen molar-refractivity contribution in [3.8, 4) is 5.75 Å². The number of nitrogens with one attached hydrogen (secondary N) is 1. The molecule has 0 aliphatic carbocycles. The van der Waals surface area contributed by atoms with Crippen LogP contribution in [0.3, 0.4) is 0 Å². The molecule has 4 amide bonds. The molecule has 2 heterocycles. The molecule has 1 saturated heterocycles. The van der Waals surface area contributed by atoms with E-state index in [0.29, 0.717) is 10.8 Å². The maximum Gasteiger partial charge on any atom is 0.264 e. The highest BCUT2D eigenvalue weighted by Gasteiger charge is 2.46. The van der Waals surface area contributed by atoms with Gasteiger partial charge in [0.05, 0.1) is 28.9 Å². The van der Waals surface area contributed by atoms with Crippen molar-refractivity contribution < 1.29 is 28.3 Å². The van der Waals surface area contributed by atoms with Crippen molar-refractivity contribution in [3.63, 3.8) is 0 Å². The number of carbonyl (C=O) groups is 4. The molecule has 10 heteroatoms. The number of amides is 4. The Bertz CT molecular complexity index is 1170. The number of piperidine rings is 1. The van der Waals surface area contributed by atoms with E-state index in [1.54, 1.807) is 25.2 Å². The van der Waals surface area contributed by atoms with Crippen LogP contribution in [0.1, 0.15) is 39.1 Å². The fourth-order valence-corrected chi connectivity index (χ4v) is 4.33. The minimum atomic E-state index is -1.12. The predicted octanol–water partition coefficient (Wildman–Crippen LogP) is 2.53. The zero-order valence-corrected chi connectivity index (χ0v) is 18.0. The summed E-state index contributed by atoms with van der Waals surface area (Å²) in [4.78, 5) is 52.2. The van der Waals surface area contributed by atoms with Gasteiger partial charge in [0.15, 0.2) is 0 Å². The fourth-order valence-electron chi connectivity index (χ4n) is 4.05. The number of rotatable bonds is 5. The number of anilines is 1. The van der Waals surface area contributed by atoms with Crippen molar-refractivity contribution in [1.82, 2.24) is 10.2 Å². The molecule has 32 heavy (non-hydrogen) atoms. The van der Waals surface area contributed by atoms with Crippen molar-refractivity contribution in [2.24, 2.45) is 0 Å². The molecule has 2 aromatic rings. The van der Waals surface area contributed by atoms with E-state index >= 15 is 0 Å². The van der Waals surface area contributed by atoms with Crippen LogP contribution in [0.2, 0.25) is 5.02 Å². The smallest absolute Gasteiger partial charge is 0.264 e. The van der Waals surface area contributed by atoms with Crippen molar-refractivity contribution in [3.05, 3.63) is 57.9 Å². The lowest BCUT2D eigenvalue weighted by Gasteiger charge is -2.28. The number of hydrogen-bond acceptors (Lipinski definition) is 6. The Balaban J connectivity index is 1.68. The van der Waals surface area contributed by atoms with E-state index < -0.39 is 35.5 Å². The maximum atomic E-state index is 14.9. The number of imide groups is 2. The first kappa shape index (κ1) is 21.8. The fraction of sp³-hybridized carbons (Fsp3) is 0.273. The maximum absolute atomic E-state index is 14.9. The first-order chi connectivity index (χ1) is 15.2. The second-order valence-corrected chi connectivity index (χ2v) is 8.00. The largest absolute Gasteiger partial charge is 0.495 e. The molecule has 0 radical (unpaired) electrons. The number of benzene rings is 2. The van der Waals surface area contributed by atoms with Gasteiger partial charge in [0.25, 0.3) is 11.8 Å². The third-order valence-corrected chi connectivity index (χ3v) is 5.85. The zero-order valence-electron chi connectivity index (χ0n) is 17.3. The topological polar surface area (TPSA) is 96.0 Å². The summed E-state index contributed by atoms with van der Waals surface area (Å²) in [7, 11) is 3.08. The Hall–Kier alpha value is -3.46. The number of halogens is 2. The lowest BCUT2D eigenvalue weighted by atomic mass is 10.0. The van der Waals surface area contributed by atoms with Crippen LogP contribution in [0.25, 0.3) is 0 Å². The molecule has 0 aromatic heterocycles. The van der Waals surface area contributed by atoms with Gasteiger partial charge in [0.2, 0.25) is 11.8 Å². The van der Waals surface area contributed by atoms with Crippen LogP contribution in [-0.4, -0.2) is 48.7 Å². The van der Waals surface area contributed by atoms with Gasteiger partial charge in [-0.25, -0.2) is 4.39 Å². The van der Waals surface area contributed by atoms with Crippen LogP contribution < -0.4 is 15.0 Å². The van der Waals surface area contributed by atoms with Gasteiger partial charge in [0.1, 0.15) is 17.6 Å². The molecule has 0 spiro atoms. The summed E-state index contributed by atoms with van der Waals surface area (Å²) in [6.45, 7) is 0.191. The average Bonchev–Trinajstić information content (AvgIpc) is 2.98. The third-order valence-electron chi connectivity index (χ3n) is 5.55. The summed E-state index contributed by atoms with van der Waals surface area (Å²) < 4.78 is 20.0. The van der Waals surface area contributed by atoms with Crippen LogP contribution in [0.15, 0.2) is 30.3 Å². The molecule has 2 aliphatic rings. The Morgan fingerprint density at radius 3 is 2.59 bits per heavy atom. The first-order valence-corrected chi connectivity index (χ1v) is 10.2. The number of methoxy groups -OCH3 is 1. The van der Waals surface area contributed by atoms with E-state index in [9.17, 15) is 23.6 Å². The lowest BCUT2D eigenvalue weighted by molar-refractivity contribution is -0.136. The first-order valence-electron chi connectivity index (χ1n) is 9.80. The third kappa shape index (κ3) is 3.58.